The molecule has 0 saturated carbocycles. The van der Waals surface area contributed by atoms with E-state index in [1.54, 1.807) is 18.2 Å². The van der Waals surface area contributed by atoms with Crippen LogP contribution in [0.5, 0.6) is 0 Å². The summed E-state index contributed by atoms with van der Waals surface area (Å²) in [5, 5.41) is 0. The van der Waals surface area contributed by atoms with E-state index in [-0.39, 0.29) is 0 Å². The standard InChI is InChI=1S/C12H10O4/c1-6-3-4-8-9(5-6)11(15)12(10(8)14)16-7(2)13/h3-5,12H,1-2H3. The van der Waals surface area contributed by atoms with E-state index in [9.17, 15) is 14.4 Å². The van der Waals surface area contributed by atoms with Crippen LogP contribution in [-0.4, -0.2) is 23.6 Å². The van der Waals surface area contributed by atoms with Crippen molar-refractivity contribution in [1.29, 1.82) is 0 Å². The number of Topliss-reactive ketones (excluding diaryl/α,β-unsaturated/α-hetero) is 2. The number of fused-ring (bicyclic) bond motifs is 1. The molecular weight excluding hydrogens is 208 g/mol. The van der Waals surface area contributed by atoms with E-state index in [2.05, 4.69) is 0 Å². The summed E-state index contributed by atoms with van der Waals surface area (Å²) >= 11 is 0. The van der Waals surface area contributed by atoms with Crippen molar-refractivity contribution < 1.29 is 19.1 Å². The van der Waals surface area contributed by atoms with Crippen molar-refractivity contribution in [3.05, 3.63) is 34.9 Å². The van der Waals surface area contributed by atoms with E-state index in [1.165, 1.54) is 6.92 Å². The first kappa shape index (κ1) is 10.5. The molecule has 16 heavy (non-hydrogen) atoms. The van der Waals surface area contributed by atoms with E-state index in [4.69, 9.17) is 4.74 Å². The van der Waals surface area contributed by atoms with Crippen molar-refractivity contribution >= 4 is 17.5 Å². The van der Waals surface area contributed by atoms with E-state index in [1.807, 2.05) is 6.92 Å². The van der Waals surface area contributed by atoms with E-state index >= 15 is 0 Å². The first-order valence-electron chi connectivity index (χ1n) is 4.87. The van der Waals surface area contributed by atoms with Crippen LogP contribution in [0, 0.1) is 6.92 Å². The number of rotatable bonds is 1. The fourth-order valence-electron chi connectivity index (χ4n) is 1.75. The summed E-state index contributed by atoms with van der Waals surface area (Å²) in [6.07, 6.45) is -1.28. The van der Waals surface area contributed by atoms with E-state index in [0.29, 0.717) is 11.1 Å². The molecule has 0 spiro atoms. The zero-order valence-electron chi connectivity index (χ0n) is 8.94. The maximum atomic E-state index is 11.8. The predicted octanol–water partition coefficient (Wildman–Crippen LogP) is 1.31. The largest absolute Gasteiger partial charge is 0.446 e. The van der Waals surface area contributed by atoms with Crippen molar-refractivity contribution in [2.75, 3.05) is 0 Å². The molecule has 1 aromatic rings. The van der Waals surface area contributed by atoms with Crippen LogP contribution in [0.15, 0.2) is 18.2 Å². The number of hydrogen-bond donors (Lipinski definition) is 0. The third-order valence-corrected chi connectivity index (χ3v) is 2.47. The monoisotopic (exact) mass is 218 g/mol. The zero-order valence-corrected chi connectivity index (χ0v) is 8.94. The minimum absolute atomic E-state index is 0.335. The number of aryl methyl sites for hydroxylation is 1. The maximum Gasteiger partial charge on any atom is 0.303 e. The third-order valence-electron chi connectivity index (χ3n) is 2.47. The van der Waals surface area contributed by atoms with Gasteiger partial charge in [-0.2, -0.15) is 0 Å². The van der Waals surface area contributed by atoms with Gasteiger partial charge in [0.15, 0.2) is 0 Å². The van der Waals surface area contributed by atoms with Crippen LogP contribution in [0.4, 0.5) is 0 Å². The van der Waals surface area contributed by atoms with Crippen molar-refractivity contribution in [3.8, 4) is 0 Å². The van der Waals surface area contributed by atoms with Crippen LogP contribution in [0.2, 0.25) is 0 Å². The molecule has 4 heteroatoms. The predicted molar refractivity (Wildman–Crippen MR) is 55.4 cm³/mol. The number of carbonyl (C=O) groups excluding carboxylic acids is 3. The number of benzene rings is 1. The average Bonchev–Trinajstić information content (AvgIpc) is 2.43. The topological polar surface area (TPSA) is 60.4 Å². The summed E-state index contributed by atoms with van der Waals surface area (Å²) < 4.78 is 4.72. The quantitative estimate of drug-likeness (QED) is 0.526. The highest BCUT2D eigenvalue weighted by Gasteiger charge is 2.40. The van der Waals surface area contributed by atoms with Crippen LogP contribution in [0.25, 0.3) is 0 Å². The molecule has 0 heterocycles. The lowest BCUT2D eigenvalue weighted by Gasteiger charge is -2.05. The third kappa shape index (κ3) is 1.52. The van der Waals surface area contributed by atoms with Gasteiger partial charge in [0.25, 0.3) is 0 Å². The Hall–Kier alpha value is -1.97. The second-order valence-electron chi connectivity index (χ2n) is 3.77. The molecule has 0 N–H and O–H groups in total. The van der Waals surface area contributed by atoms with Gasteiger partial charge in [-0.25, -0.2) is 0 Å². The zero-order chi connectivity index (χ0) is 11.9. The highest BCUT2D eigenvalue weighted by Crippen LogP contribution is 2.25. The molecule has 0 amide bonds. The minimum atomic E-state index is -1.28. The first-order chi connectivity index (χ1) is 7.50. The minimum Gasteiger partial charge on any atom is -0.446 e. The molecule has 0 fully saturated rings. The fourth-order valence-corrected chi connectivity index (χ4v) is 1.75. The smallest absolute Gasteiger partial charge is 0.303 e. The van der Waals surface area contributed by atoms with Crippen LogP contribution < -0.4 is 0 Å². The van der Waals surface area contributed by atoms with Gasteiger partial charge in [-0.15, -0.1) is 0 Å². The van der Waals surface area contributed by atoms with Crippen LogP contribution in [0.1, 0.15) is 33.2 Å². The summed E-state index contributed by atoms with van der Waals surface area (Å²) in [6, 6.07) is 4.98. The highest BCUT2D eigenvalue weighted by molar-refractivity contribution is 6.29. The first-order valence-corrected chi connectivity index (χ1v) is 4.87. The Balaban J connectivity index is 2.44. The molecule has 1 atom stereocenters. The Morgan fingerprint density at radius 2 is 1.81 bits per heavy atom. The lowest BCUT2D eigenvalue weighted by molar-refractivity contribution is -0.142. The number of ketones is 2. The van der Waals surface area contributed by atoms with Crippen molar-refractivity contribution in [2.24, 2.45) is 0 Å². The fraction of sp³-hybridized carbons (Fsp3) is 0.250. The molecule has 2 rings (SSSR count). The second kappa shape index (κ2) is 3.56. The molecule has 1 aliphatic carbocycles. The summed E-state index contributed by atoms with van der Waals surface area (Å²) in [6.45, 7) is 3.01. The molecule has 0 aliphatic heterocycles. The SMILES string of the molecule is CC(=O)OC1C(=O)c2ccc(C)cc2C1=O. The van der Waals surface area contributed by atoms with E-state index < -0.39 is 23.6 Å². The molecule has 0 bridgehead atoms. The molecule has 82 valence electrons. The molecule has 4 nitrogen and oxygen atoms in total. The summed E-state index contributed by atoms with van der Waals surface area (Å²) in [4.78, 5) is 34.3. The van der Waals surface area contributed by atoms with Crippen molar-refractivity contribution in [1.82, 2.24) is 0 Å². The molecule has 0 saturated heterocycles. The van der Waals surface area contributed by atoms with Crippen LogP contribution in [-0.2, 0) is 9.53 Å². The van der Waals surface area contributed by atoms with Gasteiger partial charge in [0, 0.05) is 18.1 Å². The number of esters is 1. The Morgan fingerprint density at radius 1 is 1.19 bits per heavy atom. The van der Waals surface area contributed by atoms with Crippen LogP contribution >= 0.6 is 0 Å². The van der Waals surface area contributed by atoms with Gasteiger partial charge in [-0.3, -0.25) is 14.4 Å². The van der Waals surface area contributed by atoms with Gasteiger partial charge in [0.1, 0.15) is 0 Å². The number of hydrogen-bond acceptors (Lipinski definition) is 4. The summed E-state index contributed by atoms with van der Waals surface area (Å²) in [7, 11) is 0. The van der Waals surface area contributed by atoms with Gasteiger partial charge in [-0.1, -0.05) is 17.7 Å². The summed E-state index contributed by atoms with van der Waals surface area (Å²) in [5.74, 6) is -1.50. The van der Waals surface area contributed by atoms with Gasteiger partial charge in [0.2, 0.25) is 17.7 Å². The van der Waals surface area contributed by atoms with Gasteiger partial charge >= 0.3 is 5.97 Å². The van der Waals surface area contributed by atoms with Crippen molar-refractivity contribution in [3.63, 3.8) is 0 Å². The number of ether oxygens (including phenoxy) is 1. The average molecular weight is 218 g/mol. The molecule has 0 aromatic heterocycles. The van der Waals surface area contributed by atoms with Gasteiger partial charge in [0.05, 0.1) is 0 Å². The number of carbonyl (C=O) groups is 3. The highest BCUT2D eigenvalue weighted by atomic mass is 16.5. The molecule has 1 aromatic carbocycles. The van der Waals surface area contributed by atoms with Gasteiger partial charge in [-0.05, 0) is 13.0 Å². The molecule has 1 unspecified atom stereocenters. The van der Waals surface area contributed by atoms with E-state index in [0.717, 1.165) is 5.56 Å². The maximum absolute atomic E-state index is 11.8. The molecule has 1 aliphatic rings. The lowest BCUT2D eigenvalue weighted by Crippen LogP contribution is -2.27. The Bertz CT molecular complexity index is 502. The van der Waals surface area contributed by atoms with Gasteiger partial charge < -0.3 is 4.74 Å². The Kier molecular flexibility index (Phi) is 2.34. The molecular formula is C12H10O4. The normalized spacial score (nSPS) is 18.5. The summed E-state index contributed by atoms with van der Waals surface area (Å²) in [5.41, 5.74) is 1.57. The van der Waals surface area contributed by atoms with Crippen LogP contribution in [0.3, 0.4) is 0 Å². The lowest BCUT2D eigenvalue weighted by atomic mass is 10.1. The van der Waals surface area contributed by atoms with Crippen molar-refractivity contribution in [2.45, 2.75) is 20.0 Å². The molecule has 0 radical (unpaired) electrons. The second-order valence-corrected chi connectivity index (χ2v) is 3.77. The Labute approximate surface area is 92.2 Å². The Morgan fingerprint density at radius 3 is 2.44 bits per heavy atom.